The molecule has 0 spiro atoms. The zero-order valence-corrected chi connectivity index (χ0v) is 6.76. The van der Waals surface area contributed by atoms with Gasteiger partial charge in [-0.15, -0.1) is 0 Å². The molecule has 0 aliphatic heterocycles. The van der Waals surface area contributed by atoms with E-state index < -0.39 is 0 Å². The molecule has 0 rings (SSSR count). The van der Waals surface area contributed by atoms with Crippen LogP contribution in [0, 0.1) is 0 Å². The molecule has 1 atom stereocenters. The highest BCUT2D eigenvalue weighted by Crippen LogP contribution is 1.99. The van der Waals surface area contributed by atoms with Crippen LogP contribution in [0.3, 0.4) is 0 Å². The minimum absolute atomic E-state index is 0.245. The van der Waals surface area contributed by atoms with Crippen LogP contribution >= 0.6 is 0 Å². The molecule has 0 aromatic carbocycles. The van der Waals surface area contributed by atoms with Gasteiger partial charge in [-0.25, -0.2) is 0 Å². The van der Waals surface area contributed by atoms with Crippen molar-refractivity contribution in [3.8, 4) is 0 Å². The van der Waals surface area contributed by atoms with Crippen LogP contribution in [0.2, 0.25) is 0 Å². The summed E-state index contributed by atoms with van der Waals surface area (Å²) in [5.41, 5.74) is 0. The number of aliphatic hydroxyl groups excluding tert-OH is 1. The Morgan fingerprint density at radius 3 is 1.89 bits per heavy atom. The lowest BCUT2D eigenvalue weighted by molar-refractivity contribution is 0.133. The van der Waals surface area contributed by atoms with Gasteiger partial charge >= 0.3 is 0 Å². The van der Waals surface area contributed by atoms with Crippen LogP contribution in [-0.2, 0) is 0 Å². The van der Waals surface area contributed by atoms with Crippen LogP contribution < -0.4 is 0 Å². The van der Waals surface area contributed by atoms with E-state index in [2.05, 4.69) is 18.7 Å². The average Bonchev–Trinajstić information content (AvgIpc) is 1.84. The van der Waals surface area contributed by atoms with Crippen molar-refractivity contribution in [1.29, 1.82) is 0 Å². The maximum absolute atomic E-state index is 8.71. The summed E-state index contributed by atoms with van der Waals surface area (Å²) in [6, 6.07) is 0.803. The van der Waals surface area contributed by atoms with Gasteiger partial charge in [0.2, 0.25) is 0 Å². The Hall–Kier alpha value is -0.0800. The van der Waals surface area contributed by atoms with E-state index in [4.69, 9.17) is 5.11 Å². The summed E-state index contributed by atoms with van der Waals surface area (Å²) in [5, 5.41) is 8.71. The second-order valence-corrected chi connectivity index (χ2v) is 2.79. The number of hydrogen-bond acceptors (Lipinski definition) is 2. The Labute approximate surface area is 57.5 Å². The fourth-order valence-electron chi connectivity index (χ4n) is 0.638. The smallest absolute Gasteiger partial charge is 0.0584 e. The first-order chi connectivity index (χ1) is 4.09. The number of hydrogen-bond donors (Lipinski definition) is 1. The molecule has 2 heteroatoms. The third-order valence-corrected chi connectivity index (χ3v) is 1.77. The van der Waals surface area contributed by atoms with Crippen LogP contribution in [0.4, 0.5) is 0 Å². The van der Waals surface area contributed by atoms with E-state index in [-0.39, 0.29) is 12.6 Å². The van der Waals surface area contributed by atoms with Crippen LogP contribution in [0.5, 0.6) is 0 Å². The number of likely N-dealkylation sites (N-methyl/N-ethyl adjacent to an activating group) is 1. The quantitative estimate of drug-likeness (QED) is 0.609. The maximum atomic E-state index is 8.71. The Kier molecular flexibility index (Phi) is 3.82. The number of nitrogens with zero attached hydrogens (tertiary/aromatic N) is 1. The lowest BCUT2D eigenvalue weighted by atomic mass is 10.2. The van der Waals surface area contributed by atoms with Gasteiger partial charge in [-0.3, -0.25) is 4.90 Å². The van der Waals surface area contributed by atoms with Crippen LogP contribution in [-0.4, -0.2) is 35.7 Å². The second-order valence-electron chi connectivity index (χ2n) is 2.79. The fourth-order valence-corrected chi connectivity index (χ4v) is 0.638. The first-order valence-corrected chi connectivity index (χ1v) is 3.42. The van der Waals surface area contributed by atoms with E-state index >= 15 is 0 Å². The molecule has 1 N–H and O–H groups in total. The Morgan fingerprint density at radius 1 is 1.33 bits per heavy atom. The van der Waals surface area contributed by atoms with Gasteiger partial charge in [-0.05, 0) is 27.8 Å². The van der Waals surface area contributed by atoms with Crippen molar-refractivity contribution in [2.24, 2.45) is 0 Å². The van der Waals surface area contributed by atoms with Crippen molar-refractivity contribution < 1.29 is 5.11 Å². The molecule has 2 nitrogen and oxygen atoms in total. The van der Waals surface area contributed by atoms with E-state index in [0.717, 1.165) is 0 Å². The molecular weight excluding hydrogens is 114 g/mol. The van der Waals surface area contributed by atoms with Gasteiger partial charge in [-0.2, -0.15) is 0 Å². The summed E-state index contributed by atoms with van der Waals surface area (Å²) >= 11 is 0. The summed E-state index contributed by atoms with van der Waals surface area (Å²) in [7, 11) is 2.02. The first kappa shape index (κ1) is 8.92. The van der Waals surface area contributed by atoms with E-state index in [0.29, 0.717) is 6.04 Å². The Balaban J connectivity index is 3.58. The molecule has 0 amide bonds. The zero-order chi connectivity index (χ0) is 7.44. The number of rotatable bonds is 3. The molecule has 9 heavy (non-hydrogen) atoms. The van der Waals surface area contributed by atoms with Crippen molar-refractivity contribution in [2.45, 2.75) is 32.9 Å². The third kappa shape index (κ3) is 2.82. The molecule has 0 aliphatic rings. The van der Waals surface area contributed by atoms with E-state index in [1.54, 1.807) is 0 Å². The summed E-state index contributed by atoms with van der Waals surface area (Å²) in [4.78, 5) is 2.14. The summed E-state index contributed by atoms with van der Waals surface area (Å²) in [6.45, 7) is 6.49. The normalized spacial score (nSPS) is 15.0. The first-order valence-electron chi connectivity index (χ1n) is 3.42. The molecule has 0 aromatic rings. The largest absolute Gasteiger partial charge is 0.395 e. The lowest BCUT2D eigenvalue weighted by Crippen LogP contribution is -2.37. The SMILES string of the molecule is CC(C)N(C)[C@@H](C)CO. The van der Waals surface area contributed by atoms with Gasteiger partial charge in [0.1, 0.15) is 0 Å². The second kappa shape index (κ2) is 3.85. The van der Waals surface area contributed by atoms with Gasteiger partial charge in [0, 0.05) is 12.1 Å². The summed E-state index contributed by atoms with van der Waals surface area (Å²) in [6.07, 6.45) is 0. The Bertz CT molecular complexity index is 73.3. The van der Waals surface area contributed by atoms with E-state index in [1.807, 2.05) is 14.0 Å². The van der Waals surface area contributed by atoms with Gasteiger partial charge in [-0.1, -0.05) is 0 Å². The third-order valence-electron chi connectivity index (χ3n) is 1.77. The summed E-state index contributed by atoms with van der Waals surface area (Å²) < 4.78 is 0. The lowest BCUT2D eigenvalue weighted by Gasteiger charge is -2.26. The van der Waals surface area contributed by atoms with Crippen molar-refractivity contribution in [1.82, 2.24) is 4.90 Å². The van der Waals surface area contributed by atoms with E-state index in [9.17, 15) is 0 Å². The monoisotopic (exact) mass is 131 g/mol. The average molecular weight is 131 g/mol. The van der Waals surface area contributed by atoms with Crippen LogP contribution in [0.1, 0.15) is 20.8 Å². The predicted octanol–water partition coefficient (Wildman–Crippen LogP) is 0.707. The minimum atomic E-state index is 0.245. The molecule has 0 aromatic heterocycles. The Morgan fingerprint density at radius 2 is 1.78 bits per heavy atom. The molecule has 56 valence electrons. The molecule has 0 aliphatic carbocycles. The molecule has 0 fully saturated rings. The number of aliphatic hydroxyl groups is 1. The standard InChI is InChI=1S/C7H17NO/c1-6(2)8(4)7(3)5-9/h6-7,9H,5H2,1-4H3/t7-/m0/s1. The highest BCUT2D eigenvalue weighted by atomic mass is 16.3. The van der Waals surface area contributed by atoms with Crippen molar-refractivity contribution in [3.63, 3.8) is 0 Å². The van der Waals surface area contributed by atoms with Crippen LogP contribution in [0.15, 0.2) is 0 Å². The minimum Gasteiger partial charge on any atom is -0.395 e. The molecule has 0 radical (unpaired) electrons. The molecule has 0 unspecified atom stereocenters. The van der Waals surface area contributed by atoms with Gasteiger partial charge < -0.3 is 5.11 Å². The van der Waals surface area contributed by atoms with Gasteiger partial charge in [0.05, 0.1) is 6.61 Å². The van der Waals surface area contributed by atoms with Crippen molar-refractivity contribution in [2.75, 3.05) is 13.7 Å². The zero-order valence-electron chi connectivity index (χ0n) is 6.76. The highest BCUT2D eigenvalue weighted by molar-refractivity contribution is 4.64. The molecule has 0 saturated heterocycles. The van der Waals surface area contributed by atoms with Crippen molar-refractivity contribution >= 4 is 0 Å². The molecule has 0 heterocycles. The van der Waals surface area contributed by atoms with Gasteiger partial charge in [0.25, 0.3) is 0 Å². The maximum Gasteiger partial charge on any atom is 0.0584 e. The van der Waals surface area contributed by atoms with Crippen molar-refractivity contribution in [3.05, 3.63) is 0 Å². The molecule has 0 saturated carbocycles. The van der Waals surface area contributed by atoms with Crippen LogP contribution in [0.25, 0.3) is 0 Å². The molecular formula is C7H17NO. The highest BCUT2D eigenvalue weighted by Gasteiger charge is 2.09. The fraction of sp³-hybridized carbons (Fsp3) is 1.00. The van der Waals surface area contributed by atoms with Gasteiger partial charge in [0.15, 0.2) is 0 Å². The molecule has 0 bridgehead atoms. The summed E-state index contributed by atoms with van der Waals surface area (Å²) in [5.74, 6) is 0. The predicted molar refractivity (Wildman–Crippen MR) is 39.4 cm³/mol. The van der Waals surface area contributed by atoms with E-state index in [1.165, 1.54) is 0 Å². The topological polar surface area (TPSA) is 23.5 Å².